The van der Waals surface area contributed by atoms with E-state index >= 15 is 0 Å². The van der Waals surface area contributed by atoms with Crippen molar-refractivity contribution in [3.63, 3.8) is 0 Å². The maximum Gasteiger partial charge on any atom is 0.193 e. The fraction of sp³-hybridized carbons (Fsp3) is 0.522. The summed E-state index contributed by atoms with van der Waals surface area (Å²) in [6.07, 6.45) is 8.84. The number of aryl methyl sites for hydroxylation is 2. The Labute approximate surface area is 159 Å². The molecule has 4 saturated carbocycles. The molecular formula is C23H27N3O. The van der Waals surface area contributed by atoms with Gasteiger partial charge in [-0.15, -0.1) is 0 Å². The Balaban J connectivity index is 1.34. The number of anilines is 1. The molecule has 4 bridgehead atoms. The highest BCUT2D eigenvalue weighted by molar-refractivity contribution is 6.07. The third-order valence-electron chi connectivity index (χ3n) is 7.69. The van der Waals surface area contributed by atoms with Crippen LogP contribution in [0.25, 0.3) is 10.8 Å². The molecule has 0 heterocycles. The summed E-state index contributed by atoms with van der Waals surface area (Å²) in [7, 11) is 0. The van der Waals surface area contributed by atoms with E-state index in [9.17, 15) is 5.11 Å². The van der Waals surface area contributed by atoms with E-state index in [-0.39, 0.29) is 5.75 Å². The first-order valence-corrected chi connectivity index (χ1v) is 10.5. The SMILES string of the molecule is NC(=NC1C2CC3CC(C2)CC1C3)Nc1c(O)cc2c3c(cccc13)CC2. The number of hydrogen-bond donors (Lipinski definition) is 3. The maximum absolute atomic E-state index is 10.6. The van der Waals surface area contributed by atoms with Crippen molar-refractivity contribution in [2.24, 2.45) is 34.4 Å². The first-order valence-electron chi connectivity index (χ1n) is 10.5. The molecule has 140 valence electrons. The lowest BCUT2D eigenvalue weighted by Crippen LogP contribution is -2.48. The fourth-order valence-electron chi connectivity index (χ4n) is 6.87. The normalized spacial score (nSPS) is 33.8. The summed E-state index contributed by atoms with van der Waals surface area (Å²) < 4.78 is 0. The number of aromatic hydroxyl groups is 1. The lowest BCUT2D eigenvalue weighted by atomic mass is 9.54. The molecule has 2 aromatic carbocycles. The van der Waals surface area contributed by atoms with Crippen LogP contribution in [0.15, 0.2) is 29.3 Å². The smallest absolute Gasteiger partial charge is 0.193 e. The summed E-state index contributed by atoms with van der Waals surface area (Å²) in [6.45, 7) is 0. The first kappa shape index (κ1) is 15.8. The average Bonchev–Trinajstić information content (AvgIpc) is 3.05. The highest BCUT2D eigenvalue weighted by atomic mass is 16.3. The van der Waals surface area contributed by atoms with Crippen molar-refractivity contribution in [2.75, 3.05) is 5.32 Å². The highest BCUT2D eigenvalue weighted by Crippen LogP contribution is 2.54. The minimum Gasteiger partial charge on any atom is -0.506 e. The molecule has 5 aliphatic rings. The maximum atomic E-state index is 10.6. The Morgan fingerprint density at radius 3 is 2.44 bits per heavy atom. The van der Waals surface area contributed by atoms with Crippen LogP contribution in [0.4, 0.5) is 5.69 Å². The van der Waals surface area contributed by atoms with Gasteiger partial charge in [-0.05, 0) is 91.2 Å². The number of phenols is 1. The number of benzene rings is 2. The van der Waals surface area contributed by atoms with E-state index in [4.69, 9.17) is 10.7 Å². The van der Waals surface area contributed by atoms with Gasteiger partial charge in [0.15, 0.2) is 5.96 Å². The van der Waals surface area contributed by atoms with Gasteiger partial charge in [-0.2, -0.15) is 0 Å². The van der Waals surface area contributed by atoms with Crippen LogP contribution in [0, 0.1) is 23.7 Å². The van der Waals surface area contributed by atoms with E-state index < -0.39 is 0 Å². The minimum absolute atomic E-state index is 0.278. The lowest BCUT2D eigenvalue weighted by Gasteiger charge is -2.53. The molecule has 0 aromatic heterocycles. The van der Waals surface area contributed by atoms with Crippen LogP contribution in [0.3, 0.4) is 0 Å². The second-order valence-corrected chi connectivity index (χ2v) is 9.33. The molecule has 7 rings (SSSR count). The van der Waals surface area contributed by atoms with E-state index in [1.54, 1.807) is 0 Å². The van der Waals surface area contributed by atoms with E-state index in [1.807, 2.05) is 6.07 Å². The van der Waals surface area contributed by atoms with Crippen LogP contribution in [0.1, 0.15) is 43.2 Å². The van der Waals surface area contributed by atoms with Crippen molar-refractivity contribution in [1.82, 2.24) is 0 Å². The van der Waals surface area contributed by atoms with Crippen molar-refractivity contribution in [2.45, 2.75) is 51.0 Å². The second kappa shape index (κ2) is 5.63. The zero-order valence-corrected chi connectivity index (χ0v) is 15.6. The van der Waals surface area contributed by atoms with Gasteiger partial charge in [0.25, 0.3) is 0 Å². The standard InChI is InChI=1S/C23H27N3O/c24-23(25-21-16-7-12-6-13(9-16)10-17(21)8-12)26-22-18-3-1-2-14-4-5-15(20(14)18)11-19(22)27/h1-3,11-13,16-17,21,27H,4-10H2,(H3,24,25,26). The molecule has 4 N–H and O–H groups in total. The van der Waals surface area contributed by atoms with Gasteiger partial charge in [0.2, 0.25) is 0 Å². The fourth-order valence-corrected chi connectivity index (χ4v) is 6.87. The van der Waals surface area contributed by atoms with Crippen LogP contribution in [-0.4, -0.2) is 17.1 Å². The number of nitrogens with one attached hydrogen (secondary N) is 1. The molecular weight excluding hydrogens is 334 g/mol. The molecule has 0 aliphatic heterocycles. The Hall–Kier alpha value is -2.23. The monoisotopic (exact) mass is 361 g/mol. The van der Waals surface area contributed by atoms with Gasteiger partial charge < -0.3 is 16.2 Å². The average molecular weight is 361 g/mol. The summed E-state index contributed by atoms with van der Waals surface area (Å²) in [5.41, 5.74) is 9.68. The molecule has 4 nitrogen and oxygen atoms in total. The van der Waals surface area contributed by atoms with E-state index in [0.29, 0.717) is 29.5 Å². The van der Waals surface area contributed by atoms with Gasteiger partial charge >= 0.3 is 0 Å². The van der Waals surface area contributed by atoms with Crippen molar-refractivity contribution >= 4 is 22.4 Å². The van der Waals surface area contributed by atoms with Crippen molar-refractivity contribution in [1.29, 1.82) is 0 Å². The van der Waals surface area contributed by atoms with Crippen LogP contribution >= 0.6 is 0 Å². The van der Waals surface area contributed by atoms with Crippen LogP contribution in [-0.2, 0) is 12.8 Å². The predicted octanol–water partition coefficient (Wildman–Crippen LogP) is 4.20. The molecule has 0 spiro atoms. The summed E-state index contributed by atoms with van der Waals surface area (Å²) in [5, 5.41) is 16.2. The molecule has 0 saturated heterocycles. The van der Waals surface area contributed by atoms with Crippen molar-refractivity contribution < 1.29 is 5.11 Å². The van der Waals surface area contributed by atoms with Gasteiger partial charge in [0.05, 0.1) is 11.7 Å². The van der Waals surface area contributed by atoms with E-state index in [1.165, 1.54) is 48.6 Å². The largest absolute Gasteiger partial charge is 0.506 e. The molecule has 4 heteroatoms. The van der Waals surface area contributed by atoms with Crippen molar-refractivity contribution in [3.8, 4) is 5.75 Å². The molecule has 0 unspecified atom stereocenters. The molecule has 0 atom stereocenters. The topological polar surface area (TPSA) is 70.6 Å². The second-order valence-electron chi connectivity index (χ2n) is 9.33. The summed E-state index contributed by atoms with van der Waals surface area (Å²) in [6, 6.07) is 8.60. The summed E-state index contributed by atoms with van der Waals surface area (Å²) in [4.78, 5) is 4.95. The lowest BCUT2D eigenvalue weighted by molar-refractivity contribution is 0.00124. The molecule has 0 amide bonds. The third kappa shape index (κ3) is 2.38. The highest BCUT2D eigenvalue weighted by Gasteiger charge is 2.48. The third-order valence-corrected chi connectivity index (χ3v) is 7.69. The van der Waals surface area contributed by atoms with Gasteiger partial charge in [-0.3, -0.25) is 0 Å². The van der Waals surface area contributed by atoms with Crippen LogP contribution < -0.4 is 11.1 Å². The molecule has 27 heavy (non-hydrogen) atoms. The number of aliphatic imine (C=N–C) groups is 1. The zero-order valence-electron chi connectivity index (χ0n) is 15.6. The number of guanidine groups is 1. The number of rotatable bonds is 2. The number of hydrogen-bond acceptors (Lipinski definition) is 2. The summed E-state index contributed by atoms with van der Waals surface area (Å²) >= 11 is 0. The number of nitrogens with zero attached hydrogens (tertiary/aromatic N) is 1. The number of nitrogens with two attached hydrogens (primary N) is 1. The first-order chi connectivity index (χ1) is 13.2. The van der Waals surface area contributed by atoms with Gasteiger partial charge in [-0.25, -0.2) is 4.99 Å². The molecule has 5 aliphatic carbocycles. The van der Waals surface area contributed by atoms with E-state index in [2.05, 4.69) is 23.5 Å². The van der Waals surface area contributed by atoms with E-state index in [0.717, 1.165) is 30.1 Å². The molecule has 0 radical (unpaired) electrons. The predicted molar refractivity (Wildman–Crippen MR) is 109 cm³/mol. The van der Waals surface area contributed by atoms with Gasteiger partial charge in [0.1, 0.15) is 5.75 Å². The zero-order chi connectivity index (χ0) is 18.1. The summed E-state index contributed by atoms with van der Waals surface area (Å²) in [5.74, 6) is 4.04. The van der Waals surface area contributed by atoms with Crippen LogP contribution in [0.5, 0.6) is 5.75 Å². The van der Waals surface area contributed by atoms with Crippen LogP contribution in [0.2, 0.25) is 0 Å². The Kier molecular flexibility index (Phi) is 3.30. The molecule has 4 fully saturated rings. The Bertz CT molecular complexity index is 936. The van der Waals surface area contributed by atoms with Gasteiger partial charge in [-0.1, -0.05) is 18.2 Å². The van der Waals surface area contributed by atoms with Gasteiger partial charge in [0, 0.05) is 5.39 Å². The van der Waals surface area contributed by atoms with Crippen molar-refractivity contribution in [3.05, 3.63) is 35.4 Å². The quantitative estimate of drug-likeness (QED) is 0.427. The number of phenolic OH excluding ortho intramolecular Hbond substituents is 1. The minimum atomic E-state index is 0.278. The Morgan fingerprint density at radius 2 is 1.70 bits per heavy atom. The molecule has 2 aromatic rings. The Morgan fingerprint density at radius 1 is 1.00 bits per heavy atom.